The number of nitrogens with zero attached hydrogens (tertiary/aromatic N) is 1. The van der Waals surface area contributed by atoms with Gasteiger partial charge >= 0.3 is 6.61 Å². The van der Waals surface area contributed by atoms with E-state index < -0.39 is 6.61 Å². The molecule has 0 aliphatic rings. The van der Waals surface area contributed by atoms with E-state index in [1.54, 1.807) is 36.0 Å². The summed E-state index contributed by atoms with van der Waals surface area (Å²) in [6.07, 6.45) is 3.65. The second-order valence-corrected chi connectivity index (χ2v) is 7.18. The van der Waals surface area contributed by atoms with Crippen molar-refractivity contribution < 1.29 is 18.3 Å². The van der Waals surface area contributed by atoms with Crippen LogP contribution in [0.15, 0.2) is 35.1 Å². The molecule has 7 heteroatoms. The van der Waals surface area contributed by atoms with E-state index in [0.717, 1.165) is 28.5 Å². The number of ether oxygens (including phenoxy) is 2. The van der Waals surface area contributed by atoms with Gasteiger partial charge in [-0.2, -0.15) is 20.5 Å². The van der Waals surface area contributed by atoms with E-state index in [0.29, 0.717) is 6.61 Å². The number of benzene rings is 1. The van der Waals surface area contributed by atoms with Gasteiger partial charge in [-0.25, -0.2) is 0 Å². The molecule has 146 valence electrons. The smallest absolute Gasteiger partial charge is 0.387 e. The summed E-state index contributed by atoms with van der Waals surface area (Å²) < 4.78 is 37.3. The van der Waals surface area contributed by atoms with E-state index in [1.165, 1.54) is 6.07 Å². The maximum absolute atomic E-state index is 12.6. The standard InChI is InChI=1S/C20H23F2NO3S/c1-4-27-10-9-25-19-13-16(5-6-18(19)26-20(21)22)7-8-23-14(2)11-17(24)12-15(23)3/h5-8,11-13,20H,4,9-10H2,1-3H3/b8-7+. The van der Waals surface area contributed by atoms with Gasteiger partial charge in [0.05, 0.1) is 6.61 Å². The molecule has 0 spiro atoms. The van der Waals surface area contributed by atoms with Crippen molar-refractivity contribution in [3.63, 3.8) is 0 Å². The Balaban J connectivity index is 2.25. The van der Waals surface area contributed by atoms with Crippen LogP contribution in [0, 0.1) is 13.8 Å². The predicted molar refractivity (Wildman–Crippen MR) is 107 cm³/mol. The van der Waals surface area contributed by atoms with Gasteiger partial charge in [-0.05, 0) is 43.4 Å². The highest BCUT2D eigenvalue weighted by molar-refractivity contribution is 7.99. The number of rotatable bonds is 9. The van der Waals surface area contributed by atoms with Gasteiger partial charge in [-0.3, -0.25) is 4.79 Å². The van der Waals surface area contributed by atoms with Gasteiger partial charge in [-0.15, -0.1) is 0 Å². The van der Waals surface area contributed by atoms with Crippen LogP contribution >= 0.6 is 11.8 Å². The summed E-state index contributed by atoms with van der Waals surface area (Å²) in [5.41, 5.74) is 2.35. The summed E-state index contributed by atoms with van der Waals surface area (Å²) in [6, 6.07) is 7.92. The molecule has 0 radical (unpaired) electrons. The molecule has 1 aromatic heterocycles. The average Bonchev–Trinajstić information content (AvgIpc) is 2.59. The molecule has 0 aliphatic carbocycles. The van der Waals surface area contributed by atoms with Crippen molar-refractivity contribution in [3.8, 4) is 11.5 Å². The molecule has 2 rings (SSSR count). The van der Waals surface area contributed by atoms with Gasteiger partial charge in [0, 0.05) is 35.5 Å². The Hall–Kier alpha value is -2.28. The molecule has 2 aromatic rings. The third-order valence-corrected chi connectivity index (χ3v) is 4.62. The highest BCUT2D eigenvalue weighted by Crippen LogP contribution is 2.30. The van der Waals surface area contributed by atoms with E-state index >= 15 is 0 Å². The fraction of sp³-hybridized carbons (Fsp3) is 0.350. The van der Waals surface area contributed by atoms with Crippen molar-refractivity contribution in [2.75, 3.05) is 18.1 Å². The van der Waals surface area contributed by atoms with Gasteiger partial charge in [0.2, 0.25) is 0 Å². The maximum atomic E-state index is 12.6. The summed E-state index contributed by atoms with van der Waals surface area (Å²) >= 11 is 1.71. The monoisotopic (exact) mass is 395 g/mol. The van der Waals surface area contributed by atoms with Gasteiger partial charge in [-0.1, -0.05) is 13.0 Å². The first-order valence-corrected chi connectivity index (χ1v) is 9.73. The molecule has 0 amide bonds. The largest absolute Gasteiger partial charge is 0.489 e. The van der Waals surface area contributed by atoms with E-state index in [2.05, 4.69) is 4.74 Å². The zero-order valence-electron chi connectivity index (χ0n) is 15.6. The summed E-state index contributed by atoms with van der Waals surface area (Å²) in [4.78, 5) is 11.5. The number of halogens is 2. The fourth-order valence-corrected chi connectivity index (χ4v) is 3.05. The minimum atomic E-state index is -2.91. The second kappa shape index (κ2) is 10.2. The van der Waals surface area contributed by atoms with Crippen LogP contribution in [0.1, 0.15) is 23.9 Å². The SMILES string of the molecule is CCSCCOc1cc(/C=C/n2c(C)cc(=O)cc2C)ccc1OC(F)F. The van der Waals surface area contributed by atoms with Gasteiger partial charge in [0.25, 0.3) is 0 Å². The van der Waals surface area contributed by atoms with Crippen molar-refractivity contribution >= 4 is 24.0 Å². The van der Waals surface area contributed by atoms with Crippen LogP contribution in [0.25, 0.3) is 12.3 Å². The third kappa shape index (κ3) is 6.43. The number of thioether (sulfide) groups is 1. The van der Waals surface area contributed by atoms with Gasteiger partial charge in [0.15, 0.2) is 16.9 Å². The lowest BCUT2D eigenvalue weighted by Crippen LogP contribution is -2.08. The number of aryl methyl sites for hydroxylation is 2. The lowest BCUT2D eigenvalue weighted by atomic mass is 10.2. The molecule has 1 aromatic carbocycles. The van der Waals surface area contributed by atoms with E-state index in [9.17, 15) is 13.6 Å². The van der Waals surface area contributed by atoms with Gasteiger partial charge in [0.1, 0.15) is 0 Å². The molecule has 0 fully saturated rings. The van der Waals surface area contributed by atoms with Crippen LogP contribution in [-0.4, -0.2) is 29.3 Å². The van der Waals surface area contributed by atoms with Crippen LogP contribution in [0.3, 0.4) is 0 Å². The second-order valence-electron chi connectivity index (χ2n) is 5.79. The third-order valence-electron chi connectivity index (χ3n) is 3.75. The summed E-state index contributed by atoms with van der Waals surface area (Å²) in [5.74, 6) is 2.02. The number of hydrogen-bond donors (Lipinski definition) is 0. The van der Waals surface area contributed by atoms with Crippen LogP contribution in [-0.2, 0) is 0 Å². The maximum Gasteiger partial charge on any atom is 0.387 e. The minimum absolute atomic E-state index is 0.0133. The average molecular weight is 395 g/mol. The summed E-state index contributed by atoms with van der Waals surface area (Å²) in [5, 5.41) is 0. The number of hydrogen-bond acceptors (Lipinski definition) is 4. The first kappa shape index (κ1) is 21.0. The van der Waals surface area contributed by atoms with Crippen molar-refractivity contribution in [2.24, 2.45) is 0 Å². The Bertz CT molecular complexity index is 823. The molecule has 0 saturated carbocycles. The van der Waals surface area contributed by atoms with Gasteiger partial charge < -0.3 is 14.0 Å². The lowest BCUT2D eigenvalue weighted by Gasteiger charge is -2.13. The molecule has 0 atom stereocenters. The molecule has 0 N–H and O–H groups in total. The Morgan fingerprint density at radius 1 is 1.15 bits per heavy atom. The molecular weight excluding hydrogens is 372 g/mol. The summed E-state index contributed by atoms with van der Waals surface area (Å²) in [6.45, 7) is 3.23. The Morgan fingerprint density at radius 2 is 1.85 bits per heavy atom. The zero-order chi connectivity index (χ0) is 19.8. The normalized spacial score (nSPS) is 11.3. The molecule has 0 unspecified atom stereocenters. The van der Waals surface area contributed by atoms with Crippen LogP contribution in [0.5, 0.6) is 11.5 Å². The molecule has 27 heavy (non-hydrogen) atoms. The molecule has 0 bridgehead atoms. The number of alkyl halides is 2. The fourth-order valence-electron chi connectivity index (χ4n) is 2.56. The Labute approximate surface area is 161 Å². The quantitative estimate of drug-likeness (QED) is 0.571. The molecule has 0 aliphatic heterocycles. The highest BCUT2D eigenvalue weighted by Gasteiger charge is 2.11. The van der Waals surface area contributed by atoms with Crippen LogP contribution < -0.4 is 14.9 Å². The summed E-state index contributed by atoms with van der Waals surface area (Å²) in [7, 11) is 0. The minimum Gasteiger partial charge on any atom is -0.489 e. The zero-order valence-corrected chi connectivity index (χ0v) is 16.4. The van der Waals surface area contributed by atoms with Crippen molar-refractivity contribution in [3.05, 3.63) is 57.5 Å². The molecule has 1 heterocycles. The predicted octanol–water partition coefficient (Wildman–Crippen LogP) is 4.83. The number of aromatic nitrogens is 1. The van der Waals surface area contributed by atoms with Crippen molar-refractivity contribution in [2.45, 2.75) is 27.4 Å². The Morgan fingerprint density at radius 3 is 2.48 bits per heavy atom. The van der Waals surface area contributed by atoms with E-state index in [1.807, 2.05) is 37.6 Å². The van der Waals surface area contributed by atoms with Crippen molar-refractivity contribution in [1.82, 2.24) is 4.57 Å². The molecular formula is C20H23F2NO3S. The van der Waals surface area contributed by atoms with Crippen molar-refractivity contribution in [1.29, 1.82) is 0 Å². The van der Waals surface area contributed by atoms with E-state index in [4.69, 9.17) is 4.74 Å². The van der Waals surface area contributed by atoms with Crippen LogP contribution in [0.2, 0.25) is 0 Å². The highest BCUT2D eigenvalue weighted by atomic mass is 32.2. The Kier molecular flexibility index (Phi) is 7.91. The molecule has 4 nitrogen and oxygen atoms in total. The number of pyridine rings is 1. The van der Waals surface area contributed by atoms with E-state index in [-0.39, 0.29) is 16.9 Å². The lowest BCUT2D eigenvalue weighted by molar-refractivity contribution is -0.0514. The molecule has 0 saturated heterocycles. The topological polar surface area (TPSA) is 40.5 Å². The van der Waals surface area contributed by atoms with Crippen LogP contribution in [0.4, 0.5) is 8.78 Å². The first-order valence-electron chi connectivity index (χ1n) is 8.58. The first-order chi connectivity index (χ1) is 12.9.